The Morgan fingerprint density at radius 3 is 1.72 bits per heavy atom. The Morgan fingerprint density at radius 1 is 0.320 bits per heavy atom. The van der Waals surface area contributed by atoms with Crippen LogP contribution in [0.4, 0.5) is 17.1 Å². The first-order valence-electron chi connectivity index (χ1n) is 17.1. The minimum atomic E-state index is 0.912. The number of nitrogens with zero attached hydrogens (tertiary/aromatic N) is 1. The smallest absolute Gasteiger partial charge is 0.143 e. The van der Waals surface area contributed by atoms with E-state index in [9.17, 15) is 0 Å². The van der Waals surface area contributed by atoms with E-state index in [1.165, 1.54) is 32.7 Å². The quantitative estimate of drug-likeness (QED) is 0.187. The molecule has 0 spiro atoms. The Hall–Kier alpha value is -6.64. The molecule has 2 heteroatoms. The van der Waals surface area contributed by atoms with E-state index in [0.29, 0.717) is 0 Å². The highest BCUT2D eigenvalue weighted by molar-refractivity contribution is 6.18. The maximum atomic E-state index is 6.49. The third-order valence-electron chi connectivity index (χ3n) is 10.1. The summed E-state index contributed by atoms with van der Waals surface area (Å²) in [5, 5.41) is 9.47. The molecule has 10 rings (SSSR count). The van der Waals surface area contributed by atoms with Gasteiger partial charge < -0.3 is 9.32 Å². The molecule has 9 aromatic carbocycles. The second-order valence-electron chi connectivity index (χ2n) is 12.9. The maximum Gasteiger partial charge on any atom is 0.143 e. The van der Waals surface area contributed by atoms with E-state index in [-0.39, 0.29) is 0 Å². The molecule has 50 heavy (non-hydrogen) atoms. The molecule has 0 radical (unpaired) electrons. The predicted octanol–water partition coefficient (Wildman–Crippen LogP) is 13.8. The van der Waals surface area contributed by atoms with Gasteiger partial charge in [-0.1, -0.05) is 152 Å². The van der Waals surface area contributed by atoms with E-state index in [0.717, 1.165) is 60.9 Å². The van der Waals surface area contributed by atoms with Gasteiger partial charge in [-0.2, -0.15) is 0 Å². The van der Waals surface area contributed by atoms with Gasteiger partial charge in [0, 0.05) is 32.8 Å². The lowest BCUT2D eigenvalue weighted by molar-refractivity contribution is 0.672. The first kappa shape index (κ1) is 28.4. The lowest BCUT2D eigenvalue weighted by Gasteiger charge is -2.29. The summed E-state index contributed by atoms with van der Waals surface area (Å²) in [6, 6.07) is 67.5. The predicted molar refractivity (Wildman–Crippen MR) is 212 cm³/mol. The van der Waals surface area contributed by atoms with Crippen LogP contribution < -0.4 is 4.90 Å². The number of para-hydroxylation sites is 2. The zero-order valence-corrected chi connectivity index (χ0v) is 27.3. The van der Waals surface area contributed by atoms with Crippen LogP contribution in [0.5, 0.6) is 0 Å². The molecule has 0 unspecified atom stereocenters. The summed E-state index contributed by atoms with van der Waals surface area (Å²) >= 11 is 0. The van der Waals surface area contributed by atoms with Crippen LogP contribution in [0.15, 0.2) is 192 Å². The third kappa shape index (κ3) is 4.50. The minimum Gasteiger partial charge on any atom is -0.455 e. The van der Waals surface area contributed by atoms with Gasteiger partial charge in [0.25, 0.3) is 0 Å². The van der Waals surface area contributed by atoms with E-state index in [1.807, 2.05) is 12.1 Å². The van der Waals surface area contributed by atoms with Crippen molar-refractivity contribution in [3.63, 3.8) is 0 Å². The summed E-state index contributed by atoms with van der Waals surface area (Å²) in [7, 11) is 0. The average Bonchev–Trinajstić information content (AvgIpc) is 3.58. The standard InChI is InChI=1S/C48H31NO/c1-3-16-36-32(12-1)14-9-20-37(36)34-26-28-35(29-27-34)49(45-24-10-15-33-13-2-4-17-38(33)45)46-23-7-5-18-41(46)39-21-11-22-43-40(39)30-31-44-42-19-6-8-25-47(42)50-48(43)44/h1-31H. The molecule has 0 fully saturated rings. The van der Waals surface area contributed by atoms with Crippen LogP contribution in [-0.2, 0) is 0 Å². The van der Waals surface area contributed by atoms with Gasteiger partial charge in [-0.25, -0.2) is 0 Å². The molecule has 0 saturated heterocycles. The Bertz CT molecular complexity index is 2870. The average molecular weight is 638 g/mol. The van der Waals surface area contributed by atoms with Gasteiger partial charge in [0.1, 0.15) is 11.2 Å². The van der Waals surface area contributed by atoms with E-state index < -0.39 is 0 Å². The van der Waals surface area contributed by atoms with E-state index in [1.54, 1.807) is 0 Å². The number of hydrogen-bond donors (Lipinski definition) is 0. The van der Waals surface area contributed by atoms with Crippen molar-refractivity contribution >= 4 is 71.3 Å². The normalized spacial score (nSPS) is 11.6. The first-order chi connectivity index (χ1) is 24.8. The largest absolute Gasteiger partial charge is 0.455 e. The lowest BCUT2D eigenvalue weighted by atomic mass is 9.94. The number of fused-ring (bicyclic) bond motifs is 7. The minimum absolute atomic E-state index is 0.912. The highest BCUT2D eigenvalue weighted by atomic mass is 16.3. The van der Waals surface area contributed by atoms with Gasteiger partial charge in [0.05, 0.1) is 11.4 Å². The van der Waals surface area contributed by atoms with Crippen molar-refractivity contribution < 1.29 is 4.42 Å². The molecular weight excluding hydrogens is 607 g/mol. The van der Waals surface area contributed by atoms with Crippen molar-refractivity contribution in [1.82, 2.24) is 0 Å². The molecule has 0 atom stereocenters. The van der Waals surface area contributed by atoms with Crippen molar-refractivity contribution in [3.8, 4) is 22.3 Å². The van der Waals surface area contributed by atoms with Crippen molar-refractivity contribution in [2.24, 2.45) is 0 Å². The van der Waals surface area contributed by atoms with Crippen LogP contribution in [0.25, 0.3) is 76.5 Å². The van der Waals surface area contributed by atoms with Crippen LogP contribution in [0.2, 0.25) is 0 Å². The Balaban J connectivity index is 1.19. The molecule has 0 N–H and O–H groups in total. The van der Waals surface area contributed by atoms with Crippen molar-refractivity contribution in [2.75, 3.05) is 4.90 Å². The molecular formula is C48H31NO. The molecule has 1 heterocycles. The molecule has 0 aliphatic rings. The van der Waals surface area contributed by atoms with Crippen LogP contribution in [0, 0.1) is 0 Å². The van der Waals surface area contributed by atoms with Gasteiger partial charge in [-0.15, -0.1) is 0 Å². The van der Waals surface area contributed by atoms with Gasteiger partial charge in [-0.05, 0) is 74.6 Å². The van der Waals surface area contributed by atoms with Gasteiger partial charge in [-0.3, -0.25) is 0 Å². The third-order valence-corrected chi connectivity index (χ3v) is 10.1. The fourth-order valence-electron chi connectivity index (χ4n) is 7.75. The van der Waals surface area contributed by atoms with Crippen LogP contribution in [-0.4, -0.2) is 0 Å². The first-order valence-corrected chi connectivity index (χ1v) is 17.1. The zero-order chi connectivity index (χ0) is 33.0. The maximum absolute atomic E-state index is 6.49. The van der Waals surface area contributed by atoms with Crippen LogP contribution >= 0.6 is 0 Å². The fourth-order valence-corrected chi connectivity index (χ4v) is 7.75. The Kier molecular flexibility index (Phi) is 6.53. The highest BCUT2D eigenvalue weighted by Gasteiger charge is 2.21. The molecule has 10 aromatic rings. The summed E-state index contributed by atoms with van der Waals surface area (Å²) < 4.78 is 6.49. The lowest BCUT2D eigenvalue weighted by Crippen LogP contribution is -2.11. The van der Waals surface area contributed by atoms with E-state index >= 15 is 0 Å². The highest BCUT2D eigenvalue weighted by Crippen LogP contribution is 2.46. The van der Waals surface area contributed by atoms with Gasteiger partial charge >= 0.3 is 0 Å². The molecule has 0 aliphatic carbocycles. The van der Waals surface area contributed by atoms with Crippen molar-refractivity contribution in [1.29, 1.82) is 0 Å². The summed E-state index contributed by atoms with van der Waals surface area (Å²) in [6.45, 7) is 0. The number of furan rings is 1. The monoisotopic (exact) mass is 637 g/mol. The van der Waals surface area contributed by atoms with Crippen molar-refractivity contribution in [2.45, 2.75) is 0 Å². The van der Waals surface area contributed by atoms with Gasteiger partial charge in [0.2, 0.25) is 0 Å². The molecule has 1 aromatic heterocycles. The molecule has 0 bridgehead atoms. The molecule has 0 aliphatic heterocycles. The topological polar surface area (TPSA) is 16.4 Å². The van der Waals surface area contributed by atoms with E-state index in [2.05, 4.69) is 181 Å². The number of hydrogen-bond acceptors (Lipinski definition) is 2. The molecule has 0 saturated carbocycles. The summed E-state index contributed by atoms with van der Waals surface area (Å²) in [5.74, 6) is 0. The van der Waals surface area contributed by atoms with Gasteiger partial charge in [0.15, 0.2) is 0 Å². The van der Waals surface area contributed by atoms with Crippen LogP contribution in [0.1, 0.15) is 0 Å². The summed E-state index contributed by atoms with van der Waals surface area (Å²) in [5.41, 5.74) is 9.93. The fraction of sp³-hybridized carbons (Fsp3) is 0. The number of benzene rings is 9. The zero-order valence-electron chi connectivity index (χ0n) is 27.3. The Morgan fingerprint density at radius 2 is 0.860 bits per heavy atom. The summed E-state index contributed by atoms with van der Waals surface area (Å²) in [6.07, 6.45) is 0. The van der Waals surface area contributed by atoms with Crippen LogP contribution in [0.3, 0.4) is 0 Å². The van der Waals surface area contributed by atoms with Crippen molar-refractivity contribution in [3.05, 3.63) is 188 Å². The molecule has 2 nitrogen and oxygen atoms in total. The Labute approximate surface area is 290 Å². The molecule has 234 valence electrons. The summed E-state index contributed by atoms with van der Waals surface area (Å²) in [4.78, 5) is 2.42. The molecule has 0 amide bonds. The second kappa shape index (κ2) is 11.5. The number of rotatable bonds is 5. The second-order valence-corrected chi connectivity index (χ2v) is 12.9. The number of anilines is 3. The van der Waals surface area contributed by atoms with E-state index in [4.69, 9.17) is 4.42 Å². The SMILES string of the molecule is c1ccc(N(c2ccc(-c3cccc4ccccc34)cc2)c2cccc3ccccc23)c(-c2cccc3c2ccc2c4ccccc4oc32)c1.